The van der Waals surface area contributed by atoms with Crippen LogP contribution in [0.5, 0.6) is 5.75 Å². The molecular formula is C20H19N5O7. The fraction of sp³-hybridized carbons (Fsp3) is 0.150. The van der Waals surface area contributed by atoms with Crippen LogP contribution in [0.3, 0.4) is 0 Å². The van der Waals surface area contributed by atoms with Crippen LogP contribution in [0.1, 0.15) is 11.1 Å². The van der Waals surface area contributed by atoms with E-state index in [1.807, 2.05) is 18.3 Å². The second-order valence-corrected chi connectivity index (χ2v) is 6.48. The van der Waals surface area contributed by atoms with E-state index in [9.17, 15) is 30.3 Å². The van der Waals surface area contributed by atoms with Gasteiger partial charge in [-0.1, -0.05) is 30.3 Å². The number of nitrogens with one attached hydrogen (secondary N) is 1. The first kappa shape index (κ1) is 23.7. The fourth-order valence-corrected chi connectivity index (χ4v) is 2.59. The van der Waals surface area contributed by atoms with E-state index in [-0.39, 0.29) is 0 Å². The lowest BCUT2D eigenvalue weighted by atomic mass is 10.1. The summed E-state index contributed by atoms with van der Waals surface area (Å²) in [7, 11) is 0. The number of aryl methyl sites for hydroxylation is 1. The lowest BCUT2D eigenvalue weighted by Crippen LogP contribution is -2.06. The van der Waals surface area contributed by atoms with Crippen LogP contribution in [0.15, 0.2) is 60.8 Å². The molecule has 1 heterocycles. The van der Waals surface area contributed by atoms with Gasteiger partial charge in [0.05, 0.1) is 26.9 Å². The van der Waals surface area contributed by atoms with E-state index in [4.69, 9.17) is 5.11 Å². The van der Waals surface area contributed by atoms with E-state index in [0.29, 0.717) is 12.1 Å². The zero-order valence-corrected chi connectivity index (χ0v) is 16.9. The Kier molecular flexibility index (Phi) is 8.11. The molecule has 0 aliphatic carbocycles. The van der Waals surface area contributed by atoms with Gasteiger partial charge in [-0.3, -0.25) is 30.3 Å². The SMILES string of the molecule is Cc1ccnc(NCCc2ccccc2)c1.O=[N+]([O-])c1cc([N+](=O)[O-])c(O)c([N+](=O)[O-])c1. The predicted molar refractivity (Wildman–Crippen MR) is 116 cm³/mol. The van der Waals surface area contributed by atoms with E-state index in [0.717, 1.165) is 18.8 Å². The van der Waals surface area contributed by atoms with Crippen molar-refractivity contribution < 1.29 is 19.9 Å². The monoisotopic (exact) mass is 441 g/mol. The zero-order chi connectivity index (χ0) is 23.7. The van der Waals surface area contributed by atoms with Crippen LogP contribution in [-0.2, 0) is 6.42 Å². The van der Waals surface area contributed by atoms with Crippen molar-refractivity contribution in [3.05, 3.63) is 102 Å². The number of phenolic OH excluding ortho intramolecular Hbond substituents is 1. The molecule has 2 aromatic carbocycles. The minimum absolute atomic E-state index is 0.447. The first-order chi connectivity index (χ1) is 15.2. The molecule has 3 rings (SSSR count). The summed E-state index contributed by atoms with van der Waals surface area (Å²) in [5.41, 5.74) is -0.419. The van der Waals surface area contributed by atoms with Gasteiger partial charge in [0.1, 0.15) is 5.82 Å². The number of anilines is 1. The van der Waals surface area contributed by atoms with E-state index in [1.165, 1.54) is 11.1 Å². The third kappa shape index (κ3) is 6.73. The Morgan fingerprint density at radius 1 is 0.906 bits per heavy atom. The van der Waals surface area contributed by atoms with Crippen molar-refractivity contribution in [3.8, 4) is 5.75 Å². The second kappa shape index (κ2) is 11.0. The van der Waals surface area contributed by atoms with Crippen molar-refractivity contribution in [2.45, 2.75) is 13.3 Å². The number of hydrogen-bond acceptors (Lipinski definition) is 9. The smallest absolute Gasteiger partial charge is 0.324 e. The van der Waals surface area contributed by atoms with Crippen LogP contribution in [0, 0.1) is 37.3 Å². The summed E-state index contributed by atoms with van der Waals surface area (Å²) in [5.74, 6) is -0.253. The molecule has 0 radical (unpaired) electrons. The highest BCUT2D eigenvalue weighted by Gasteiger charge is 2.30. The van der Waals surface area contributed by atoms with Gasteiger partial charge in [-0.25, -0.2) is 4.98 Å². The maximum atomic E-state index is 10.4. The Hall–Kier alpha value is -4.61. The zero-order valence-electron chi connectivity index (χ0n) is 16.9. The Labute approximate surface area is 181 Å². The first-order valence-electron chi connectivity index (χ1n) is 9.19. The van der Waals surface area contributed by atoms with Gasteiger partial charge in [-0.05, 0) is 36.6 Å². The van der Waals surface area contributed by atoms with Gasteiger partial charge >= 0.3 is 11.4 Å². The van der Waals surface area contributed by atoms with Crippen molar-refractivity contribution in [2.75, 3.05) is 11.9 Å². The maximum absolute atomic E-state index is 10.4. The third-order valence-electron chi connectivity index (χ3n) is 4.14. The van der Waals surface area contributed by atoms with Crippen LogP contribution >= 0.6 is 0 Å². The quantitative estimate of drug-likeness (QED) is 0.403. The Morgan fingerprint density at radius 3 is 2.00 bits per heavy atom. The van der Waals surface area contributed by atoms with Gasteiger partial charge in [-0.2, -0.15) is 0 Å². The van der Waals surface area contributed by atoms with Gasteiger partial charge in [-0.15, -0.1) is 0 Å². The van der Waals surface area contributed by atoms with Crippen molar-refractivity contribution in [3.63, 3.8) is 0 Å². The molecule has 0 bridgehead atoms. The number of nitrogens with zero attached hydrogens (tertiary/aromatic N) is 4. The van der Waals surface area contributed by atoms with Crippen molar-refractivity contribution in [1.29, 1.82) is 0 Å². The summed E-state index contributed by atoms with van der Waals surface area (Å²) in [5, 5.41) is 43.5. The van der Waals surface area contributed by atoms with Gasteiger partial charge in [0.25, 0.3) is 11.4 Å². The highest BCUT2D eigenvalue weighted by molar-refractivity contribution is 5.64. The molecule has 166 valence electrons. The molecule has 0 atom stereocenters. The summed E-state index contributed by atoms with van der Waals surface area (Å²) < 4.78 is 0. The molecule has 0 unspecified atom stereocenters. The Bertz CT molecular complexity index is 1090. The van der Waals surface area contributed by atoms with Crippen LogP contribution in [-0.4, -0.2) is 31.4 Å². The highest BCUT2D eigenvalue weighted by atomic mass is 16.6. The molecule has 32 heavy (non-hydrogen) atoms. The van der Waals surface area contributed by atoms with Gasteiger partial charge in [0.2, 0.25) is 0 Å². The number of nitro groups is 3. The molecule has 0 aliphatic heterocycles. The van der Waals surface area contributed by atoms with Crippen molar-refractivity contribution in [2.24, 2.45) is 0 Å². The van der Waals surface area contributed by atoms with Crippen LogP contribution in [0.25, 0.3) is 0 Å². The standard InChI is InChI=1S/C14H16N2.C6H3N3O7/c1-12-7-9-15-14(11-12)16-10-8-13-5-3-2-4-6-13;10-6-4(8(13)14)1-3(7(11)12)2-5(6)9(15)16/h2-7,9,11H,8,10H2,1H3,(H,15,16);1-2,10H. The molecule has 0 fully saturated rings. The van der Waals surface area contributed by atoms with Crippen molar-refractivity contribution in [1.82, 2.24) is 4.98 Å². The summed E-state index contributed by atoms with van der Waals surface area (Å²) in [6.45, 7) is 2.99. The lowest BCUT2D eigenvalue weighted by Gasteiger charge is -2.05. The topological polar surface area (TPSA) is 175 Å². The van der Waals surface area contributed by atoms with Crippen molar-refractivity contribution >= 4 is 22.9 Å². The number of aromatic hydroxyl groups is 1. The lowest BCUT2D eigenvalue weighted by molar-refractivity contribution is -0.404. The average molecular weight is 441 g/mol. The molecule has 1 aromatic heterocycles. The van der Waals surface area contributed by atoms with E-state index in [1.54, 1.807) is 0 Å². The van der Waals surface area contributed by atoms with Crippen LogP contribution in [0.4, 0.5) is 22.9 Å². The van der Waals surface area contributed by atoms with Crippen LogP contribution < -0.4 is 5.32 Å². The molecule has 0 spiro atoms. The van der Waals surface area contributed by atoms with E-state index in [2.05, 4.69) is 47.6 Å². The molecular weight excluding hydrogens is 422 g/mol. The summed E-state index contributed by atoms with van der Waals surface area (Å²) in [6, 6.07) is 15.4. The van der Waals surface area contributed by atoms with Gasteiger partial charge in [0, 0.05) is 12.7 Å². The molecule has 0 saturated heterocycles. The number of rotatable bonds is 7. The summed E-state index contributed by atoms with van der Waals surface area (Å²) in [6.07, 6.45) is 2.86. The number of hydrogen-bond donors (Lipinski definition) is 2. The highest BCUT2D eigenvalue weighted by Crippen LogP contribution is 2.38. The summed E-state index contributed by atoms with van der Waals surface area (Å²) >= 11 is 0. The number of benzene rings is 2. The van der Waals surface area contributed by atoms with Crippen LogP contribution in [0.2, 0.25) is 0 Å². The normalized spacial score (nSPS) is 9.91. The number of nitro benzene ring substituents is 3. The largest absolute Gasteiger partial charge is 0.497 e. The summed E-state index contributed by atoms with van der Waals surface area (Å²) in [4.78, 5) is 32.0. The number of aromatic nitrogens is 1. The maximum Gasteiger partial charge on any atom is 0.324 e. The van der Waals surface area contributed by atoms with E-state index >= 15 is 0 Å². The second-order valence-electron chi connectivity index (χ2n) is 6.48. The molecule has 0 aliphatic rings. The number of pyridine rings is 1. The Morgan fingerprint density at radius 2 is 1.50 bits per heavy atom. The number of non-ortho nitro benzene ring substituents is 1. The van der Waals surface area contributed by atoms with Gasteiger partial charge < -0.3 is 10.4 Å². The minimum Gasteiger partial charge on any atom is -0.497 e. The molecule has 12 nitrogen and oxygen atoms in total. The molecule has 0 amide bonds. The molecule has 3 aromatic rings. The third-order valence-corrected chi connectivity index (χ3v) is 4.14. The van der Waals surface area contributed by atoms with Gasteiger partial charge in [0.15, 0.2) is 0 Å². The Balaban J connectivity index is 0.000000227. The minimum atomic E-state index is -1.21. The molecule has 12 heteroatoms. The predicted octanol–water partition coefficient (Wildman–Crippen LogP) is 4.16. The number of phenols is 1. The average Bonchev–Trinajstić information content (AvgIpc) is 2.74. The molecule has 0 saturated carbocycles. The fourth-order valence-electron chi connectivity index (χ4n) is 2.59. The first-order valence-corrected chi connectivity index (χ1v) is 9.19. The molecule has 2 N–H and O–H groups in total. The van der Waals surface area contributed by atoms with E-state index < -0.39 is 37.6 Å².